The molecular formula is C17H23ClN2O4. The van der Waals surface area contributed by atoms with Gasteiger partial charge in [0.15, 0.2) is 0 Å². The zero-order valence-electron chi connectivity index (χ0n) is 13.9. The molecule has 2 rings (SSSR count). The Morgan fingerprint density at radius 3 is 2.79 bits per heavy atom. The number of carbonyl (C=O) groups excluding carboxylic acids is 1. The van der Waals surface area contributed by atoms with Crippen molar-refractivity contribution in [3.63, 3.8) is 0 Å². The number of carbonyl (C=O) groups is 2. The van der Waals surface area contributed by atoms with Crippen LogP contribution in [0.25, 0.3) is 0 Å². The highest BCUT2D eigenvalue weighted by molar-refractivity contribution is 6.32. The van der Waals surface area contributed by atoms with Crippen LogP contribution in [0.3, 0.4) is 0 Å². The van der Waals surface area contributed by atoms with Gasteiger partial charge in [-0.25, -0.2) is 4.79 Å². The minimum absolute atomic E-state index is 0.169. The Bertz CT molecular complexity index is 596. The number of para-hydroxylation sites is 1. The molecule has 3 atom stereocenters. The van der Waals surface area contributed by atoms with E-state index >= 15 is 0 Å². The number of rotatable bonds is 5. The van der Waals surface area contributed by atoms with Gasteiger partial charge in [-0.3, -0.25) is 4.79 Å². The van der Waals surface area contributed by atoms with Crippen molar-refractivity contribution < 1.29 is 19.4 Å². The van der Waals surface area contributed by atoms with Crippen LogP contribution in [0, 0.1) is 11.8 Å². The van der Waals surface area contributed by atoms with Gasteiger partial charge in [-0.1, -0.05) is 30.7 Å². The van der Waals surface area contributed by atoms with Crippen LogP contribution in [0.15, 0.2) is 24.3 Å². The van der Waals surface area contributed by atoms with Crippen LogP contribution in [0.4, 0.5) is 4.79 Å². The van der Waals surface area contributed by atoms with E-state index in [2.05, 4.69) is 5.32 Å². The van der Waals surface area contributed by atoms with Gasteiger partial charge in [-0.15, -0.1) is 0 Å². The molecule has 1 aromatic carbocycles. The average Bonchev–Trinajstić information content (AvgIpc) is 2.54. The highest BCUT2D eigenvalue weighted by Gasteiger charge is 2.31. The zero-order chi connectivity index (χ0) is 17.7. The number of amides is 2. The summed E-state index contributed by atoms with van der Waals surface area (Å²) < 4.78 is 5.70. The summed E-state index contributed by atoms with van der Waals surface area (Å²) in [5.74, 6) is -0.619. The van der Waals surface area contributed by atoms with Gasteiger partial charge in [-0.05, 0) is 31.4 Å². The van der Waals surface area contributed by atoms with Crippen molar-refractivity contribution >= 4 is 23.6 Å². The third-order valence-corrected chi connectivity index (χ3v) is 4.31. The number of likely N-dealkylation sites (tertiary alicyclic amines) is 1. The number of halogens is 1. The Kier molecular flexibility index (Phi) is 6.31. The average molecular weight is 355 g/mol. The smallest absolute Gasteiger partial charge is 0.317 e. The number of hydrogen-bond donors (Lipinski definition) is 2. The molecule has 2 amide bonds. The minimum Gasteiger partial charge on any atom is -0.487 e. The van der Waals surface area contributed by atoms with Crippen LogP contribution in [-0.4, -0.2) is 47.7 Å². The number of piperidine rings is 1. The predicted molar refractivity (Wildman–Crippen MR) is 91.4 cm³/mol. The topological polar surface area (TPSA) is 78.9 Å². The number of carboxylic acid groups (broad SMARTS) is 1. The quantitative estimate of drug-likeness (QED) is 0.852. The first kappa shape index (κ1) is 18.4. The van der Waals surface area contributed by atoms with Gasteiger partial charge in [0, 0.05) is 13.1 Å². The summed E-state index contributed by atoms with van der Waals surface area (Å²) >= 11 is 6.04. The van der Waals surface area contributed by atoms with E-state index in [4.69, 9.17) is 16.3 Å². The second kappa shape index (κ2) is 8.24. The van der Waals surface area contributed by atoms with Crippen LogP contribution in [0.5, 0.6) is 5.75 Å². The lowest BCUT2D eigenvalue weighted by atomic mass is 9.91. The molecule has 1 saturated heterocycles. The summed E-state index contributed by atoms with van der Waals surface area (Å²) in [5, 5.41) is 12.5. The molecule has 24 heavy (non-hydrogen) atoms. The SMILES string of the molecule is CC1CC(C(=O)O)CN(C(=O)NCC(C)Oc2ccccc2Cl)C1. The number of aliphatic carboxylic acids is 1. The van der Waals surface area contributed by atoms with E-state index in [1.165, 1.54) is 0 Å². The number of nitrogens with zero attached hydrogens (tertiary/aromatic N) is 1. The van der Waals surface area contributed by atoms with Crippen molar-refractivity contribution in [3.8, 4) is 5.75 Å². The van der Waals surface area contributed by atoms with Crippen LogP contribution in [0.1, 0.15) is 20.3 Å². The van der Waals surface area contributed by atoms with Crippen LogP contribution >= 0.6 is 11.6 Å². The first-order valence-corrected chi connectivity index (χ1v) is 8.41. The van der Waals surface area contributed by atoms with Crippen LogP contribution in [-0.2, 0) is 4.79 Å². The lowest BCUT2D eigenvalue weighted by Gasteiger charge is -2.34. The lowest BCUT2D eigenvalue weighted by molar-refractivity contribution is -0.143. The fourth-order valence-corrected chi connectivity index (χ4v) is 3.02. The summed E-state index contributed by atoms with van der Waals surface area (Å²) in [6, 6.07) is 6.89. The molecule has 1 heterocycles. The Hall–Kier alpha value is -1.95. The Morgan fingerprint density at radius 1 is 1.42 bits per heavy atom. The third-order valence-electron chi connectivity index (χ3n) is 4.00. The van der Waals surface area contributed by atoms with Crippen molar-refractivity contribution in [1.29, 1.82) is 0 Å². The largest absolute Gasteiger partial charge is 0.487 e. The zero-order valence-corrected chi connectivity index (χ0v) is 14.6. The molecule has 3 unspecified atom stereocenters. The van der Waals surface area contributed by atoms with E-state index in [9.17, 15) is 14.7 Å². The van der Waals surface area contributed by atoms with Crippen LogP contribution in [0.2, 0.25) is 5.02 Å². The molecule has 0 radical (unpaired) electrons. The molecule has 1 fully saturated rings. The first-order chi connectivity index (χ1) is 11.4. The van der Waals surface area contributed by atoms with Gasteiger partial charge in [0.25, 0.3) is 0 Å². The van der Waals surface area contributed by atoms with Crippen molar-refractivity contribution in [1.82, 2.24) is 10.2 Å². The molecular weight excluding hydrogens is 332 g/mol. The van der Waals surface area contributed by atoms with E-state index in [0.717, 1.165) is 0 Å². The third kappa shape index (κ3) is 5.03. The molecule has 1 aliphatic rings. The van der Waals surface area contributed by atoms with E-state index in [1.807, 2.05) is 26.0 Å². The van der Waals surface area contributed by atoms with Gasteiger partial charge in [-0.2, -0.15) is 0 Å². The fraction of sp³-hybridized carbons (Fsp3) is 0.529. The summed E-state index contributed by atoms with van der Waals surface area (Å²) in [4.78, 5) is 25.0. The normalized spacial score (nSPS) is 21.9. The number of hydrogen-bond acceptors (Lipinski definition) is 3. The predicted octanol–water partition coefficient (Wildman–Crippen LogP) is 2.86. The number of ether oxygens (including phenoxy) is 1. The second-order valence-corrected chi connectivity index (χ2v) is 6.73. The first-order valence-electron chi connectivity index (χ1n) is 8.03. The number of benzene rings is 1. The Morgan fingerprint density at radius 2 is 2.12 bits per heavy atom. The fourth-order valence-electron chi connectivity index (χ4n) is 2.84. The maximum Gasteiger partial charge on any atom is 0.317 e. The summed E-state index contributed by atoms with van der Waals surface area (Å²) in [6.45, 7) is 4.91. The standard InChI is InChI=1S/C17H23ClN2O4/c1-11-7-13(16(21)22)10-20(9-11)17(23)19-8-12(2)24-15-6-4-3-5-14(15)18/h3-6,11-13H,7-10H2,1-2H3,(H,19,23)(H,21,22). The van der Waals surface area contributed by atoms with E-state index in [0.29, 0.717) is 30.3 Å². The van der Waals surface area contributed by atoms with Gasteiger partial charge < -0.3 is 20.1 Å². The van der Waals surface area contributed by atoms with Crippen LogP contribution < -0.4 is 10.1 Å². The Labute approximate surface area is 146 Å². The maximum absolute atomic E-state index is 12.3. The van der Waals surface area contributed by atoms with Crippen molar-refractivity contribution in [2.24, 2.45) is 11.8 Å². The minimum atomic E-state index is -0.852. The number of nitrogens with one attached hydrogen (secondary N) is 1. The molecule has 7 heteroatoms. The second-order valence-electron chi connectivity index (χ2n) is 6.33. The highest BCUT2D eigenvalue weighted by atomic mass is 35.5. The van der Waals surface area contributed by atoms with E-state index in [1.54, 1.807) is 17.0 Å². The van der Waals surface area contributed by atoms with E-state index < -0.39 is 11.9 Å². The lowest BCUT2D eigenvalue weighted by Crippen LogP contribution is -2.50. The monoisotopic (exact) mass is 354 g/mol. The maximum atomic E-state index is 12.3. The molecule has 132 valence electrons. The van der Waals surface area contributed by atoms with Gasteiger partial charge in [0.1, 0.15) is 11.9 Å². The molecule has 0 spiro atoms. The molecule has 0 aliphatic carbocycles. The molecule has 2 N–H and O–H groups in total. The number of urea groups is 1. The molecule has 1 aromatic rings. The molecule has 0 bridgehead atoms. The summed E-state index contributed by atoms with van der Waals surface area (Å²) in [6.07, 6.45) is 0.344. The molecule has 6 nitrogen and oxygen atoms in total. The number of carboxylic acids is 1. The van der Waals surface area contributed by atoms with Gasteiger partial charge >= 0.3 is 12.0 Å². The van der Waals surface area contributed by atoms with Gasteiger partial charge in [0.05, 0.1) is 17.5 Å². The molecule has 0 aromatic heterocycles. The highest BCUT2D eigenvalue weighted by Crippen LogP contribution is 2.24. The van der Waals surface area contributed by atoms with Crippen molar-refractivity contribution in [2.45, 2.75) is 26.4 Å². The van der Waals surface area contributed by atoms with Crippen molar-refractivity contribution in [3.05, 3.63) is 29.3 Å². The summed E-state index contributed by atoms with van der Waals surface area (Å²) in [5.41, 5.74) is 0. The molecule has 0 saturated carbocycles. The van der Waals surface area contributed by atoms with Crippen molar-refractivity contribution in [2.75, 3.05) is 19.6 Å². The Balaban J connectivity index is 1.83. The summed E-state index contributed by atoms with van der Waals surface area (Å²) in [7, 11) is 0. The molecule has 1 aliphatic heterocycles. The van der Waals surface area contributed by atoms with E-state index in [-0.39, 0.29) is 24.6 Å². The van der Waals surface area contributed by atoms with Gasteiger partial charge in [0.2, 0.25) is 0 Å².